The van der Waals surface area contributed by atoms with Crippen molar-refractivity contribution in [1.82, 2.24) is 9.80 Å². The van der Waals surface area contributed by atoms with Crippen LogP contribution in [0.4, 0.5) is 0 Å². The highest BCUT2D eigenvalue weighted by Crippen LogP contribution is 2.11. The van der Waals surface area contributed by atoms with Crippen molar-refractivity contribution in [3.63, 3.8) is 0 Å². The van der Waals surface area contributed by atoms with E-state index in [9.17, 15) is 0 Å². The summed E-state index contributed by atoms with van der Waals surface area (Å²) in [6.45, 7) is 18.5. The molecule has 0 saturated carbocycles. The van der Waals surface area contributed by atoms with E-state index >= 15 is 0 Å². The molecule has 108 valence electrons. The van der Waals surface area contributed by atoms with Gasteiger partial charge in [-0.2, -0.15) is 0 Å². The lowest BCUT2D eigenvalue weighted by atomic mass is 10.1. The molecular formula is C17H30N2. The lowest BCUT2D eigenvalue weighted by Crippen LogP contribution is -2.36. The quantitative estimate of drug-likeness (QED) is 0.513. The van der Waals surface area contributed by atoms with Gasteiger partial charge in [0, 0.05) is 13.1 Å². The summed E-state index contributed by atoms with van der Waals surface area (Å²) >= 11 is 0. The molecule has 0 spiro atoms. The molecule has 1 atom stereocenters. The van der Waals surface area contributed by atoms with Crippen molar-refractivity contribution in [3.05, 3.63) is 24.9 Å². The minimum Gasteiger partial charge on any atom is -0.365 e. The summed E-state index contributed by atoms with van der Waals surface area (Å²) in [4.78, 5) is 4.37. The summed E-state index contributed by atoms with van der Waals surface area (Å²) < 4.78 is 0. The van der Waals surface area contributed by atoms with E-state index in [0.29, 0.717) is 5.92 Å². The third-order valence-electron chi connectivity index (χ3n) is 3.42. The average Bonchev–Trinajstić information content (AvgIpc) is 2.35. The Kier molecular flexibility index (Phi) is 7.56. The zero-order valence-electron chi connectivity index (χ0n) is 13.6. The Bertz CT molecular complexity index is 355. The molecule has 0 aromatic heterocycles. The first-order chi connectivity index (χ1) is 8.74. The molecule has 0 heterocycles. The summed E-state index contributed by atoms with van der Waals surface area (Å²) in [5.74, 6) is 6.97. The summed E-state index contributed by atoms with van der Waals surface area (Å²) in [5.41, 5.74) is 0.774. The second-order valence-electron chi connectivity index (χ2n) is 5.81. The number of hydrogen-bond acceptors (Lipinski definition) is 2. The summed E-state index contributed by atoms with van der Waals surface area (Å²) in [5, 5.41) is 0. The maximum Gasteiger partial charge on any atom is 0.0807 e. The third-order valence-corrected chi connectivity index (χ3v) is 3.42. The fourth-order valence-electron chi connectivity index (χ4n) is 1.44. The van der Waals surface area contributed by atoms with Gasteiger partial charge in [0.2, 0.25) is 0 Å². The van der Waals surface area contributed by atoms with Crippen LogP contribution in [0.5, 0.6) is 0 Å². The van der Waals surface area contributed by atoms with E-state index in [2.05, 4.69) is 62.5 Å². The molecule has 0 aliphatic carbocycles. The molecule has 0 amide bonds. The van der Waals surface area contributed by atoms with Gasteiger partial charge in [0.1, 0.15) is 0 Å². The molecule has 0 rings (SSSR count). The lowest BCUT2D eigenvalue weighted by Gasteiger charge is -2.28. The van der Waals surface area contributed by atoms with E-state index in [1.165, 1.54) is 0 Å². The molecule has 0 aromatic carbocycles. The Hall–Kier alpha value is -1.20. The summed E-state index contributed by atoms with van der Waals surface area (Å²) in [6, 6.07) is 0. The first kappa shape index (κ1) is 17.8. The molecule has 0 aliphatic rings. The van der Waals surface area contributed by atoms with Gasteiger partial charge in [0.15, 0.2) is 0 Å². The van der Waals surface area contributed by atoms with Crippen LogP contribution in [0.25, 0.3) is 0 Å². The number of rotatable bonds is 7. The van der Waals surface area contributed by atoms with E-state index in [-0.39, 0.29) is 5.54 Å². The van der Waals surface area contributed by atoms with Crippen LogP contribution >= 0.6 is 0 Å². The van der Waals surface area contributed by atoms with Crippen LogP contribution in [0.2, 0.25) is 0 Å². The highest BCUT2D eigenvalue weighted by atomic mass is 15.1. The second kappa shape index (κ2) is 8.07. The first-order valence-corrected chi connectivity index (χ1v) is 7.01. The van der Waals surface area contributed by atoms with E-state index in [4.69, 9.17) is 0 Å². The van der Waals surface area contributed by atoms with Gasteiger partial charge >= 0.3 is 0 Å². The van der Waals surface area contributed by atoms with Gasteiger partial charge in [0.25, 0.3) is 0 Å². The van der Waals surface area contributed by atoms with Crippen molar-refractivity contribution in [2.75, 3.05) is 27.2 Å². The average molecular weight is 262 g/mol. The fraction of sp³-hybridized carbons (Fsp3) is 0.647. The number of nitrogens with zero attached hydrogens (tertiary/aromatic N) is 2. The van der Waals surface area contributed by atoms with Crippen LogP contribution in [-0.2, 0) is 0 Å². The van der Waals surface area contributed by atoms with Gasteiger partial charge in [-0.05, 0) is 46.2 Å². The number of hydrogen-bond donors (Lipinski definition) is 0. The molecule has 2 heteroatoms. The first-order valence-electron chi connectivity index (χ1n) is 7.01. The maximum atomic E-state index is 4.12. The Morgan fingerprint density at radius 2 is 1.95 bits per heavy atom. The Morgan fingerprint density at radius 3 is 2.37 bits per heavy atom. The molecule has 19 heavy (non-hydrogen) atoms. The Morgan fingerprint density at radius 1 is 1.37 bits per heavy atom. The molecule has 0 radical (unpaired) electrons. The Labute approximate surface area is 120 Å². The molecule has 2 nitrogen and oxygen atoms in total. The largest absolute Gasteiger partial charge is 0.365 e. The van der Waals surface area contributed by atoms with Crippen LogP contribution in [0.1, 0.15) is 34.1 Å². The standard InChI is InChI=1S/C17H30N2/c1-9-13-19(14-15(3)10-2)16(4)11-12-17(5,6)18(7)8/h10,15H,2,4,9,13-14H2,1,3,5-8H3. The van der Waals surface area contributed by atoms with Crippen molar-refractivity contribution in [2.45, 2.75) is 39.7 Å². The topological polar surface area (TPSA) is 6.48 Å². The van der Waals surface area contributed by atoms with Crippen molar-refractivity contribution >= 4 is 0 Å². The molecular weight excluding hydrogens is 232 g/mol. The van der Waals surface area contributed by atoms with E-state index in [0.717, 1.165) is 25.2 Å². The van der Waals surface area contributed by atoms with Crippen LogP contribution in [0.3, 0.4) is 0 Å². The third kappa shape index (κ3) is 6.50. The lowest BCUT2D eigenvalue weighted by molar-refractivity contribution is 0.263. The van der Waals surface area contributed by atoms with Crippen LogP contribution < -0.4 is 0 Å². The monoisotopic (exact) mass is 262 g/mol. The van der Waals surface area contributed by atoms with Gasteiger partial charge in [-0.3, -0.25) is 4.90 Å². The predicted molar refractivity (Wildman–Crippen MR) is 85.9 cm³/mol. The SMILES string of the molecule is C=CC(C)CN(CCC)C(=C)C#CC(C)(C)N(C)C. The highest BCUT2D eigenvalue weighted by molar-refractivity contribution is 5.29. The van der Waals surface area contributed by atoms with Gasteiger partial charge in [-0.25, -0.2) is 0 Å². The minimum absolute atomic E-state index is 0.134. The van der Waals surface area contributed by atoms with Crippen molar-refractivity contribution in [1.29, 1.82) is 0 Å². The van der Waals surface area contributed by atoms with Crippen molar-refractivity contribution in [3.8, 4) is 11.8 Å². The van der Waals surface area contributed by atoms with Crippen molar-refractivity contribution in [2.24, 2.45) is 5.92 Å². The second-order valence-corrected chi connectivity index (χ2v) is 5.81. The molecule has 0 fully saturated rings. The summed E-state index contributed by atoms with van der Waals surface area (Å²) in [7, 11) is 4.09. The van der Waals surface area contributed by atoms with E-state index < -0.39 is 0 Å². The molecule has 0 aromatic rings. The van der Waals surface area contributed by atoms with Crippen LogP contribution in [0.15, 0.2) is 24.9 Å². The smallest absolute Gasteiger partial charge is 0.0807 e. The molecule has 0 aliphatic heterocycles. The molecule has 1 unspecified atom stereocenters. The fourth-order valence-corrected chi connectivity index (χ4v) is 1.44. The van der Waals surface area contributed by atoms with Gasteiger partial charge in [-0.1, -0.05) is 32.4 Å². The molecule has 0 bridgehead atoms. The van der Waals surface area contributed by atoms with E-state index in [1.807, 2.05) is 20.2 Å². The zero-order valence-corrected chi connectivity index (χ0v) is 13.6. The Balaban J connectivity index is 4.83. The predicted octanol–water partition coefficient (Wildman–Crippen LogP) is 3.38. The summed E-state index contributed by atoms with van der Waals surface area (Å²) in [6.07, 6.45) is 3.08. The van der Waals surface area contributed by atoms with Crippen molar-refractivity contribution < 1.29 is 0 Å². The highest BCUT2D eigenvalue weighted by Gasteiger charge is 2.17. The van der Waals surface area contributed by atoms with Crippen LogP contribution in [0, 0.1) is 17.8 Å². The maximum absolute atomic E-state index is 4.12. The van der Waals surface area contributed by atoms with Gasteiger partial charge in [0.05, 0.1) is 11.2 Å². The van der Waals surface area contributed by atoms with E-state index in [1.54, 1.807) is 0 Å². The normalized spacial score (nSPS) is 12.6. The zero-order chi connectivity index (χ0) is 15.1. The van der Waals surface area contributed by atoms with Crippen LogP contribution in [-0.4, -0.2) is 42.5 Å². The van der Waals surface area contributed by atoms with Gasteiger partial charge in [-0.15, -0.1) is 6.58 Å². The molecule has 0 saturated heterocycles. The van der Waals surface area contributed by atoms with Gasteiger partial charge < -0.3 is 4.90 Å². The minimum atomic E-state index is -0.134. The molecule has 0 N–H and O–H groups in total. The number of allylic oxidation sites excluding steroid dienone is 1.